The van der Waals surface area contributed by atoms with Crippen LogP contribution in [0, 0.1) is 11.3 Å². The zero-order valence-corrected chi connectivity index (χ0v) is 18.9. The van der Waals surface area contributed by atoms with Gasteiger partial charge in [0, 0.05) is 21.3 Å². The lowest BCUT2D eigenvalue weighted by Crippen LogP contribution is -2.13. The number of benzene rings is 4. The van der Waals surface area contributed by atoms with E-state index in [-0.39, 0.29) is 5.57 Å². The molecule has 0 aliphatic carbocycles. The number of amides is 1. The molecular formula is C27H18Cl2N2O2. The van der Waals surface area contributed by atoms with E-state index in [2.05, 4.69) is 5.32 Å². The number of rotatable bonds is 6. The molecule has 0 fully saturated rings. The Morgan fingerprint density at radius 1 is 0.939 bits per heavy atom. The molecule has 0 unspecified atom stereocenters. The molecule has 0 atom stereocenters. The van der Waals surface area contributed by atoms with Crippen LogP contribution in [0.3, 0.4) is 0 Å². The van der Waals surface area contributed by atoms with E-state index in [0.717, 1.165) is 16.3 Å². The molecule has 0 aromatic heterocycles. The van der Waals surface area contributed by atoms with Crippen LogP contribution in [0.1, 0.15) is 11.1 Å². The second kappa shape index (κ2) is 10.2. The fourth-order valence-corrected chi connectivity index (χ4v) is 3.70. The number of carbonyl (C=O) groups is 1. The summed E-state index contributed by atoms with van der Waals surface area (Å²) in [5, 5.41) is 15.5. The van der Waals surface area contributed by atoms with Crippen molar-refractivity contribution in [3.05, 3.63) is 112 Å². The van der Waals surface area contributed by atoms with Gasteiger partial charge in [0.05, 0.1) is 0 Å². The number of hydrogen-bond donors (Lipinski definition) is 1. The number of nitriles is 1. The van der Waals surface area contributed by atoms with Crippen LogP contribution in [-0.4, -0.2) is 5.91 Å². The van der Waals surface area contributed by atoms with E-state index < -0.39 is 5.91 Å². The summed E-state index contributed by atoms with van der Waals surface area (Å²) in [5.41, 5.74) is 2.05. The van der Waals surface area contributed by atoms with Crippen LogP contribution in [0.15, 0.2) is 90.5 Å². The second-order valence-corrected chi connectivity index (χ2v) is 8.12. The predicted octanol–water partition coefficient (Wildman–Crippen LogP) is 7.27. The average molecular weight is 473 g/mol. The van der Waals surface area contributed by atoms with Crippen LogP contribution >= 0.6 is 23.2 Å². The van der Waals surface area contributed by atoms with Gasteiger partial charge >= 0.3 is 0 Å². The standard InChI is InChI=1S/C27H18Cl2N2O2/c28-21-9-11-23(12-10-21)31-27(32)20(16-30)15-25-24-7-2-1-5-19(24)8-13-26(25)33-17-18-4-3-6-22(29)14-18/h1-15H,17H2,(H,31,32)/b20-15+. The first-order chi connectivity index (χ1) is 16.0. The monoisotopic (exact) mass is 472 g/mol. The molecule has 0 radical (unpaired) electrons. The Bertz CT molecular complexity index is 1390. The number of carbonyl (C=O) groups excluding carboxylic acids is 1. The Kier molecular flexibility index (Phi) is 6.95. The summed E-state index contributed by atoms with van der Waals surface area (Å²) in [6.07, 6.45) is 1.56. The first-order valence-corrected chi connectivity index (χ1v) is 10.9. The Balaban J connectivity index is 1.69. The third kappa shape index (κ3) is 5.53. The zero-order valence-electron chi connectivity index (χ0n) is 17.4. The maximum Gasteiger partial charge on any atom is 0.266 e. The average Bonchev–Trinajstić information content (AvgIpc) is 2.83. The Hall–Kier alpha value is -3.78. The van der Waals surface area contributed by atoms with Gasteiger partial charge in [-0.1, -0.05) is 65.7 Å². The van der Waals surface area contributed by atoms with Crippen molar-refractivity contribution in [3.8, 4) is 11.8 Å². The van der Waals surface area contributed by atoms with Crippen molar-refractivity contribution in [2.75, 3.05) is 5.32 Å². The van der Waals surface area contributed by atoms with Gasteiger partial charge in [-0.05, 0) is 64.9 Å². The predicted molar refractivity (Wildman–Crippen MR) is 133 cm³/mol. The highest BCUT2D eigenvalue weighted by atomic mass is 35.5. The number of nitrogens with one attached hydrogen (secondary N) is 1. The van der Waals surface area contributed by atoms with Crippen LogP contribution in [0.4, 0.5) is 5.69 Å². The molecule has 4 nitrogen and oxygen atoms in total. The lowest BCUT2D eigenvalue weighted by Gasteiger charge is -2.13. The van der Waals surface area contributed by atoms with Crippen LogP contribution in [0.2, 0.25) is 10.0 Å². The Morgan fingerprint density at radius 3 is 2.48 bits per heavy atom. The minimum atomic E-state index is -0.520. The number of anilines is 1. The minimum Gasteiger partial charge on any atom is -0.488 e. The normalized spacial score (nSPS) is 11.1. The second-order valence-electron chi connectivity index (χ2n) is 7.25. The molecule has 0 bridgehead atoms. The van der Waals surface area contributed by atoms with Gasteiger partial charge in [0.15, 0.2) is 0 Å². The fourth-order valence-electron chi connectivity index (χ4n) is 3.36. The third-order valence-corrected chi connectivity index (χ3v) is 5.46. The first kappa shape index (κ1) is 22.4. The van der Waals surface area contributed by atoms with Crippen LogP contribution in [0.25, 0.3) is 16.8 Å². The Morgan fingerprint density at radius 2 is 1.73 bits per heavy atom. The maximum absolute atomic E-state index is 12.8. The van der Waals surface area contributed by atoms with Crippen molar-refractivity contribution < 1.29 is 9.53 Å². The van der Waals surface area contributed by atoms with Crippen molar-refractivity contribution in [2.45, 2.75) is 6.61 Å². The van der Waals surface area contributed by atoms with Gasteiger partial charge in [-0.15, -0.1) is 0 Å². The molecule has 0 saturated heterocycles. The zero-order chi connectivity index (χ0) is 23.2. The molecule has 1 amide bonds. The van der Waals surface area contributed by atoms with E-state index >= 15 is 0 Å². The highest BCUT2D eigenvalue weighted by molar-refractivity contribution is 6.31. The number of hydrogen-bond acceptors (Lipinski definition) is 3. The molecule has 0 aliphatic heterocycles. The van der Waals surface area contributed by atoms with Crippen LogP contribution < -0.4 is 10.1 Å². The smallest absolute Gasteiger partial charge is 0.266 e. The van der Waals surface area contributed by atoms with Crippen LogP contribution in [0.5, 0.6) is 5.75 Å². The van der Waals surface area contributed by atoms with Gasteiger partial charge in [0.2, 0.25) is 0 Å². The summed E-state index contributed by atoms with van der Waals surface area (Å²) >= 11 is 12.0. The highest BCUT2D eigenvalue weighted by Crippen LogP contribution is 2.31. The molecule has 4 aromatic carbocycles. The van der Waals surface area contributed by atoms with E-state index in [9.17, 15) is 10.1 Å². The van der Waals surface area contributed by atoms with Crippen molar-refractivity contribution in [1.29, 1.82) is 5.26 Å². The summed E-state index contributed by atoms with van der Waals surface area (Å²) in [6, 6.07) is 27.6. The fraction of sp³-hybridized carbons (Fsp3) is 0.0370. The van der Waals surface area contributed by atoms with Crippen molar-refractivity contribution in [2.24, 2.45) is 0 Å². The molecule has 162 valence electrons. The molecule has 1 N–H and O–H groups in total. The lowest BCUT2D eigenvalue weighted by atomic mass is 10.0. The topological polar surface area (TPSA) is 62.1 Å². The van der Waals surface area contributed by atoms with E-state index in [0.29, 0.717) is 33.7 Å². The summed E-state index contributed by atoms with van der Waals surface area (Å²) in [5.74, 6) is 0.0364. The van der Waals surface area contributed by atoms with E-state index in [4.69, 9.17) is 27.9 Å². The van der Waals surface area contributed by atoms with Crippen molar-refractivity contribution >= 4 is 51.6 Å². The van der Waals surface area contributed by atoms with Crippen molar-refractivity contribution in [1.82, 2.24) is 0 Å². The van der Waals surface area contributed by atoms with Gasteiger partial charge < -0.3 is 10.1 Å². The number of nitrogens with zero attached hydrogens (tertiary/aromatic N) is 1. The van der Waals surface area contributed by atoms with Gasteiger partial charge in [-0.3, -0.25) is 4.79 Å². The quantitative estimate of drug-likeness (QED) is 0.237. The highest BCUT2D eigenvalue weighted by Gasteiger charge is 2.14. The molecule has 0 aliphatic rings. The SMILES string of the molecule is N#C/C(=C\c1c(OCc2cccc(Cl)c2)ccc2ccccc12)C(=O)Nc1ccc(Cl)cc1. The molecule has 4 rings (SSSR count). The third-order valence-electron chi connectivity index (χ3n) is 4.97. The largest absolute Gasteiger partial charge is 0.488 e. The summed E-state index contributed by atoms with van der Waals surface area (Å²) in [7, 11) is 0. The summed E-state index contributed by atoms with van der Waals surface area (Å²) < 4.78 is 6.08. The number of fused-ring (bicyclic) bond motifs is 1. The lowest BCUT2D eigenvalue weighted by molar-refractivity contribution is -0.112. The summed E-state index contributed by atoms with van der Waals surface area (Å²) in [4.78, 5) is 12.8. The Labute approximate surface area is 201 Å². The molecule has 0 saturated carbocycles. The molecule has 6 heteroatoms. The molecule has 0 heterocycles. The number of ether oxygens (including phenoxy) is 1. The van der Waals surface area contributed by atoms with Gasteiger partial charge in [0.25, 0.3) is 5.91 Å². The summed E-state index contributed by atoms with van der Waals surface area (Å²) in [6.45, 7) is 0.290. The van der Waals surface area contributed by atoms with Gasteiger partial charge in [0.1, 0.15) is 24.0 Å². The van der Waals surface area contributed by atoms with Gasteiger partial charge in [-0.25, -0.2) is 0 Å². The maximum atomic E-state index is 12.8. The number of halogens is 2. The minimum absolute atomic E-state index is 0.0473. The molecule has 0 spiro atoms. The molecular weight excluding hydrogens is 455 g/mol. The van der Waals surface area contributed by atoms with Crippen LogP contribution in [-0.2, 0) is 11.4 Å². The van der Waals surface area contributed by atoms with Gasteiger partial charge in [-0.2, -0.15) is 5.26 Å². The van der Waals surface area contributed by atoms with Crippen molar-refractivity contribution in [3.63, 3.8) is 0 Å². The first-order valence-electron chi connectivity index (χ1n) is 10.1. The van der Waals surface area contributed by atoms with E-state index in [1.165, 1.54) is 0 Å². The van der Waals surface area contributed by atoms with E-state index in [1.54, 1.807) is 36.4 Å². The molecule has 33 heavy (non-hydrogen) atoms. The van der Waals surface area contributed by atoms with E-state index in [1.807, 2.05) is 60.7 Å². The molecule has 4 aromatic rings.